The molecule has 7 nitrogen and oxygen atoms in total. The number of amides is 1. The summed E-state index contributed by atoms with van der Waals surface area (Å²) in [4.78, 5) is 22.0. The highest BCUT2D eigenvalue weighted by molar-refractivity contribution is 5.91. The molecule has 0 aliphatic heterocycles. The number of methoxy groups -OCH3 is 1. The molecule has 7 heteroatoms. The largest absolute Gasteiger partial charge is 0.497 e. The summed E-state index contributed by atoms with van der Waals surface area (Å²) in [6, 6.07) is 13.4. The molecule has 136 valence electrons. The fraction of sp³-hybridized carbons (Fsp3) is 0.211. The minimum Gasteiger partial charge on any atom is -0.497 e. The number of carbonyl (C=O) groups is 1. The van der Waals surface area contributed by atoms with Crippen LogP contribution in [0.4, 0.5) is 5.69 Å². The van der Waals surface area contributed by atoms with Crippen LogP contribution < -0.4 is 14.8 Å². The predicted molar refractivity (Wildman–Crippen MR) is 98.2 cm³/mol. The molecule has 0 saturated heterocycles. The second-order valence-corrected chi connectivity index (χ2v) is 5.35. The molecule has 0 atom stereocenters. The number of non-ortho nitro benzene ring substituents is 1. The van der Waals surface area contributed by atoms with Crippen molar-refractivity contribution in [1.82, 2.24) is 5.32 Å². The minimum absolute atomic E-state index is 0.0144. The van der Waals surface area contributed by atoms with Crippen molar-refractivity contribution in [3.8, 4) is 11.5 Å². The summed E-state index contributed by atoms with van der Waals surface area (Å²) in [6.45, 7) is 0.796. The Morgan fingerprint density at radius 1 is 1.19 bits per heavy atom. The van der Waals surface area contributed by atoms with Crippen molar-refractivity contribution in [2.75, 3.05) is 20.3 Å². The lowest BCUT2D eigenvalue weighted by molar-refractivity contribution is -0.384. The number of hydrogen-bond donors (Lipinski definition) is 1. The van der Waals surface area contributed by atoms with E-state index < -0.39 is 4.92 Å². The van der Waals surface area contributed by atoms with Gasteiger partial charge in [0.2, 0.25) is 5.91 Å². The second-order valence-electron chi connectivity index (χ2n) is 5.35. The van der Waals surface area contributed by atoms with Gasteiger partial charge in [0.1, 0.15) is 11.5 Å². The number of nitro benzene ring substituents is 1. The summed E-state index contributed by atoms with van der Waals surface area (Å²) < 4.78 is 10.5. The Hall–Kier alpha value is -3.35. The highest BCUT2D eigenvalue weighted by atomic mass is 16.6. The normalized spacial score (nSPS) is 10.5. The zero-order valence-electron chi connectivity index (χ0n) is 14.4. The number of ether oxygens (including phenoxy) is 2. The maximum atomic E-state index is 11.8. The first-order chi connectivity index (χ1) is 12.6. The van der Waals surface area contributed by atoms with Gasteiger partial charge in [0, 0.05) is 18.7 Å². The monoisotopic (exact) mass is 356 g/mol. The van der Waals surface area contributed by atoms with E-state index in [1.165, 1.54) is 18.2 Å². The van der Waals surface area contributed by atoms with Crippen LogP contribution in [0.2, 0.25) is 0 Å². The molecule has 0 fully saturated rings. The van der Waals surface area contributed by atoms with E-state index in [0.717, 1.165) is 11.3 Å². The van der Waals surface area contributed by atoms with E-state index in [0.29, 0.717) is 25.3 Å². The first kappa shape index (κ1) is 19.0. The smallest absolute Gasteiger partial charge is 0.273 e. The summed E-state index contributed by atoms with van der Waals surface area (Å²) in [5.41, 5.74) is 0.884. The molecular weight excluding hydrogens is 336 g/mol. The molecule has 0 bridgehead atoms. The zero-order valence-corrected chi connectivity index (χ0v) is 14.4. The number of benzene rings is 2. The number of nitrogens with zero attached hydrogens (tertiary/aromatic N) is 1. The fourth-order valence-corrected chi connectivity index (χ4v) is 2.11. The van der Waals surface area contributed by atoms with Crippen LogP contribution in [0, 0.1) is 10.1 Å². The summed E-state index contributed by atoms with van der Waals surface area (Å²) in [5, 5.41) is 13.4. The fourth-order valence-electron chi connectivity index (χ4n) is 2.11. The minimum atomic E-state index is -0.470. The molecule has 1 amide bonds. The molecule has 0 aliphatic rings. The van der Waals surface area contributed by atoms with Crippen LogP contribution in [0.5, 0.6) is 11.5 Å². The van der Waals surface area contributed by atoms with Crippen LogP contribution in [0.3, 0.4) is 0 Å². The van der Waals surface area contributed by atoms with Crippen molar-refractivity contribution in [2.24, 2.45) is 0 Å². The van der Waals surface area contributed by atoms with E-state index in [-0.39, 0.29) is 11.6 Å². The van der Waals surface area contributed by atoms with Gasteiger partial charge in [-0.25, -0.2) is 0 Å². The van der Waals surface area contributed by atoms with Crippen LogP contribution in [-0.2, 0) is 4.79 Å². The zero-order chi connectivity index (χ0) is 18.8. The van der Waals surface area contributed by atoms with Gasteiger partial charge in [-0.05, 0) is 36.3 Å². The maximum Gasteiger partial charge on any atom is 0.273 e. The molecular formula is C19H20N2O5. The summed E-state index contributed by atoms with van der Waals surface area (Å²) >= 11 is 0. The van der Waals surface area contributed by atoms with Crippen molar-refractivity contribution in [3.05, 3.63) is 70.3 Å². The average molecular weight is 356 g/mol. The highest BCUT2D eigenvalue weighted by Gasteiger charge is 2.06. The molecule has 0 unspecified atom stereocenters. The number of carbonyl (C=O) groups excluding carboxylic acids is 1. The number of rotatable bonds is 9. The molecule has 2 aromatic rings. The van der Waals surface area contributed by atoms with Gasteiger partial charge in [-0.15, -0.1) is 0 Å². The second kappa shape index (κ2) is 9.83. The van der Waals surface area contributed by atoms with Gasteiger partial charge in [-0.2, -0.15) is 0 Å². The molecule has 2 rings (SSSR count). The molecule has 0 radical (unpaired) electrons. The Balaban J connectivity index is 1.67. The van der Waals surface area contributed by atoms with E-state index >= 15 is 0 Å². The summed E-state index contributed by atoms with van der Waals surface area (Å²) in [6.07, 6.45) is 3.77. The Morgan fingerprint density at radius 2 is 1.96 bits per heavy atom. The van der Waals surface area contributed by atoms with Gasteiger partial charge < -0.3 is 14.8 Å². The highest BCUT2D eigenvalue weighted by Crippen LogP contribution is 2.19. The van der Waals surface area contributed by atoms with E-state index in [2.05, 4.69) is 5.32 Å². The number of nitrogens with one attached hydrogen (secondary N) is 1. The first-order valence-corrected chi connectivity index (χ1v) is 8.06. The molecule has 0 heterocycles. The van der Waals surface area contributed by atoms with Crippen LogP contribution in [0.15, 0.2) is 54.6 Å². The number of nitro groups is 1. The first-order valence-electron chi connectivity index (χ1n) is 8.06. The van der Waals surface area contributed by atoms with Crippen molar-refractivity contribution in [2.45, 2.75) is 6.42 Å². The van der Waals surface area contributed by atoms with Gasteiger partial charge in [-0.3, -0.25) is 14.9 Å². The van der Waals surface area contributed by atoms with E-state index in [1.54, 1.807) is 25.3 Å². The third kappa shape index (κ3) is 6.27. The van der Waals surface area contributed by atoms with E-state index in [1.807, 2.05) is 24.3 Å². The SMILES string of the molecule is COc1ccc(/C=C/C(=O)NCCCOc2cccc([N+](=O)[O-])c2)cc1. The van der Waals surface area contributed by atoms with Crippen LogP contribution in [0.25, 0.3) is 6.08 Å². The summed E-state index contributed by atoms with van der Waals surface area (Å²) in [7, 11) is 1.60. The van der Waals surface area contributed by atoms with E-state index in [4.69, 9.17) is 9.47 Å². The lowest BCUT2D eigenvalue weighted by Crippen LogP contribution is -2.23. The topological polar surface area (TPSA) is 90.7 Å². The standard InChI is InChI=1S/C19H20N2O5/c1-25-17-9-6-15(7-10-17)8-11-19(22)20-12-3-13-26-18-5-2-4-16(14-18)21(23)24/h2,4-11,14H,3,12-13H2,1H3,(H,20,22)/b11-8+. The third-order valence-corrected chi connectivity index (χ3v) is 3.46. The molecule has 2 aromatic carbocycles. The Labute approximate surface area is 151 Å². The van der Waals surface area contributed by atoms with Crippen LogP contribution in [-0.4, -0.2) is 31.1 Å². The summed E-state index contributed by atoms with van der Waals surface area (Å²) in [5.74, 6) is 0.997. The maximum absolute atomic E-state index is 11.8. The predicted octanol–water partition coefficient (Wildman–Crippen LogP) is 3.20. The Morgan fingerprint density at radius 3 is 2.65 bits per heavy atom. The molecule has 1 N–H and O–H groups in total. The van der Waals surface area contributed by atoms with Crippen LogP contribution >= 0.6 is 0 Å². The molecule has 26 heavy (non-hydrogen) atoms. The third-order valence-electron chi connectivity index (χ3n) is 3.46. The van der Waals surface area contributed by atoms with Crippen LogP contribution in [0.1, 0.15) is 12.0 Å². The molecule has 0 spiro atoms. The van der Waals surface area contributed by atoms with Crippen molar-refractivity contribution in [1.29, 1.82) is 0 Å². The lowest BCUT2D eigenvalue weighted by Gasteiger charge is -2.06. The van der Waals surface area contributed by atoms with Gasteiger partial charge in [0.15, 0.2) is 0 Å². The van der Waals surface area contributed by atoms with Gasteiger partial charge in [0.25, 0.3) is 5.69 Å². The van der Waals surface area contributed by atoms with Crippen molar-refractivity contribution >= 4 is 17.7 Å². The molecule has 0 aliphatic carbocycles. The molecule has 0 saturated carbocycles. The molecule has 0 aromatic heterocycles. The quantitative estimate of drug-likeness (QED) is 0.322. The van der Waals surface area contributed by atoms with Crippen molar-refractivity contribution in [3.63, 3.8) is 0 Å². The van der Waals surface area contributed by atoms with Gasteiger partial charge in [0.05, 0.1) is 24.7 Å². The number of hydrogen-bond acceptors (Lipinski definition) is 5. The van der Waals surface area contributed by atoms with Gasteiger partial charge >= 0.3 is 0 Å². The lowest BCUT2D eigenvalue weighted by atomic mass is 10.2. The van der Waals surface area contributed by atoms with Crippen molar-refractivity contribution < 1.29 is 19.2 Å². The van der Waals surface area contributed by atoms with Gasteiger partial charge in [-0.1, -0.05) is 18.2 Å². The average Bonchev–Trinajstić information content (AvgIpc) is 2.66. The van der Waals surface area contributed by atoms with E-state index in [9.17, 15) is 14.9 Å². The Bertz CT molecular complexity index is 772. The Kier molecular flexibility index (Phi) is 7.17.